The zero-order valence-corrected chi connectivity index (χ0v) is 15.2. The number of benzene rings is 2. The van der Waals surface area contributed by atoms with Gasteiger partial charge in [0.05, 0.1) is 19.4 Å². The number of nitrogens with one attached hydrogen (secondary N) is 1. The van der Waals surface area contributed by atoms with E-state index in [-0.39, 0.29) is 5.91 Å². The highest BCUT2D eigenvalue weighted by molar-refractivity contribution is 6.36. The normalized spacial score (nSPS) is 14.6. The van der Waals surface area contributed by atoms with E-state index in [0.717, 1.165) is 16.8 Å². The van der Waals surface area contributed by atoms with Crippen LogP contribution in [0.25, 0.3) is 11.6 Å². The third kappa shape index (κ3) is 3.80. The lowest BCUT2D eigenvalue weighted by atomic mass is 10.0. The summed E-state index contributed by atoms with van der Waals surface area (Å²) in [6.07, 6.45) is 1.84. The summed E-state index contributed by atoms with van der Waals surface area (Å²) >= 11 is 5.99. The van der Waals surface area contributed by atoms with Crippen molar-refractivity contribution in [3.8, 4) is 11.5 Å². The van der Waals surface area contributed by atoms with Gasteiger partial charge in [-0.15, -0.1) is 0 Å². The average Bonchev–Trinajstić information content (AvgIpc) is 2.88. The van der Waals surface area contributed by atoms with Crippen molar-refractivity contribution < 1.29 is 14.3 Å². The van der Waals surface area contributed by atoms with E-state index >= 15 is 0 Å². The lowest BCUT2D eigenvalue weighted by molar-refractivity contribution is -0.110. The van der Waals surface area contributed by atoms with Gasteiger partial charge in [0.1, 0.15) is 0 Å². The van der Waals surface area contributed by atoms with Crippen LogP contribution in [-0.2, 0) is 4.79 Å². The Balaban J connectivity index is 1.93. The molecular formula is C20H20ClNO3. The third-order valence-electron chi connectivity index (χ3n) is 3.84. The molecule has 0 bridgehead atoms. The highest BCUT2D eigenvalue weighted by Crippen LogP contribution is 2.36. The van der Waals surface area contributed by atoms with Gasteiger partial charge in [0.2, 0.25) is 0 Å². The largest absolute Gasteiger partial charge is 0.493 e. The van der Waals surface area contributed by atoms with Crippen LogP contribution in [0.1, 0.15) is 25.0 Å². The summed E-state index contributed by atoms with van der Waals surface area (Å²) in [7, 11) is 1.61. The number of fused-ring (bicyclic) bond motifs is 1. The quantitative estimate of drug-likeness (QED) is 0.776. The summed E-state index contributed by atoms with van der Waals surface area (Å²) in [6.45, 7) is 4.80. The van der Waals surface area contributed by atoms with Gasteiger partial charge in [-0.2, -0.15) is 0 Å². The molecule has 0 saturated heterocycles. The fourth-order valence-electron chi connectivity index (χ4n) is 2.63. The second-order valence-electron chi connectivity index (χ2n) is 6.32. The van der Waals surface area contributed by atoms with E-state index in [1.807, 2.05) is 30.3 Å². The molecule has 1 aliphatic rings. The molecule has 0 aliphatic carbocycles. The lowest BCUT2D eigenvalue weighted by Crippen LogP contribution is -2.05. The molecule has 0 radical (unpaired) electrons. The summed E-state index contributed by atoms with van der Waals surface area (Å²) in [5.74, 6) is 1.62. The first-order valence-electron chi connectivity index (χ1n) is 8.11. The van der Waals surface area contributed by atoms with Crippen LogP contribution < -0.4 is 14.8 Å². The number of halogens is 1. The molecule has 130 valence electrons. The number of hydrogen-bond donors (Lipinski definition) is 1. The molecule has 25 heavy (non-hydrogen) atoms. The number of amides is 1. The maximum atomic E-state index is 12.3. The predicted octanol–water partition coefficient (Wildman–Crippen LogP) is 4.88. The summed E-state index contributed by atoms with van der Waals surface area (Å²) in [6, 6.07) is 11.0. The van der Waals surface area contributed by atoms with Crippen LogP contribution in [0.4, 0.5) is 5.69 Å². The number of methoxy groups -OCH3 is 1. The van der Waals surface area contributed by atoms with Gasteiger partial charge < -0.3 is 14.8 Å². The van der Waals surface area contributed by atoms with Gasteiger partial charge in [0, 0.05) is 16.2 Å². The molecule has 1 aliphatic heterocycles. The number of rotatable bonds is 5. The Morgan fingerprint density at radius 3 is 2.68 bits per heavy atom. The van der Waals surface area contributed by atoms with Gasteiger partial charge in [0.15, 0.2) is 11.5 Å². The van der Waals surface area contributed by atoms with Crippen LogP contribution in [0, 0.1) is 5.92 Å². The molecule has 4 nitrogen and oxygen atoms in total. The van der Waals surface area contributed by atoms with E-state index < -0.39 is 0 Å². The standard InChI is InChI=1S/C20H20ClNO3/c1-12(2)11-25-18-7-4-13(9-19(18)24-3)8-16-15-6-5-14(21)10-17(15)22-20(16)23/h4-10,12H,11H2,1-3H3,(H,22,23)/b16-8+. The molecule has 0 atom stereocenters. The third-order valence-corrected chi connectivity index (χ3v) is 4.07. The Morgan fingerprint density at radius 1 is 1.16 bits per heavy atom. The Hall–Kier alpha value is -2.46. The zero-order valence-electron chi connectivity index (χ0n) is 14.4. The number of ether oxygens (including phenoxy) is 2. The second kappa shape index (κ2) is 7.19. The minimum absolute atomic E-state index is 0.142. The van der Waals surface area contributed by atoms with Gasteiger partial charge in [-0.3, -0.25) is 4.79 Å². The molecule has 0 spiro atoms. The first-order valence-corrected chi connectivity index (χ1v) is 8.49. The highest BCUT2D eigenvalue weighted by atomic mass is 35.5. The first-order chi connectivity index (χ1) is 12.0. The monoisotopic (exact) mass is 357 g/mol. The molecule has 2 aromatic rings. The average molecular weight is 358 g/mol. The van der Waals surface area contributed by atoms with Gasteiger partial charge in [-0.05, 0) is 41.8 Å². The minimum atomic E-state index is -0.142. The lowest BCUT2D eigenvalue weighted by Gasteiger charge is -2.13. The Labute approximate surface area is 152 Å². The van der Waals surface area contributed by atoms with E-state index in [9.17, 15) is 4.79 Å². The van der Waals surface area contributed by atoms with E-state index in [2.05, 4.69) is 19.2 Å². The molecule has 2 aromatic carbocycles. The first kappa shape index (κ1) is 17.4. The maximum absolute atomic E-state index is 12.3. The van der Waals surface area contributed by atoms with Crippen LogP contribution in [0.2, 0.25) is 5.02 Å². The maximum Gasteiger partial charge on any atom is 0.256 e. The van der Waals surface area contributed by atoms with Gasteiger partial charge in [-0.1, -0.05) is 37.6 Å². The second-order valence-corrected chi connectivity index (χ2v) is 6.75. The van der Waals surface area contributed by atoms with Crippen LogP contribution in [0.15, 0.2) is 36.4 Å². The Kier molecular flexibility index (Phi) is 5.00. The van der Waals surface area contributed by atoms with Crippen molar-refractivity contribution in [2.45, 2.75) is 13.8 Å². The molecule has 0 aromatic heterocycles. The van der Waals surface area contributed by atoms with E-state index in [1.165, 1.54) is 0 Å². The summed E-state index contributed by atoms with van der Waals surface area (Å²) in [5, 5.41) is 3.42. The van der Waals surface area contributed by atoms with Crippen LogP contribution in [0.3, 0.4) is 0 Å². The summed E-state index contributed by atoms with van der Waals surface area (Å²) in [5.41, 5.74) is 3.03. The number of carbonyl (C=O) groups is 1. The van der Waals surface area contributed by atoms with Crippen molar-refractivity contribution in [2.75, 3.05) is 19.0 Å². The van der Waals surface area contributed by atoms with E-state index in [4.69, 9.17) is 21.1 Å². The molecule has 0 fully saturated rings. The fraction of sp³-hybridized carbons (Fsp3) is 0.250. The molecule has 3 rings (SSSR count). The molecule has 1 heterocycles. The van der Waals surface area contributed by atoms with Gasteiger partial charge in [0.25, 0.3) is 5.91 Å². The molecule has 0 unspecified atom stereocenters. The van der Waals surface area contributed by atoms with Crippen LogP contribution in [-0.4, -0.2) is 19.6 Å². The number of anilines is 1. The van der Waals surface area contributed by atoms with Crippen molar-refractivity contribution in [3.05, 3.63) is 52.5 Å². The van der Waals surface area contributed by atoms with Gasteiger partial charge in [-0.25, -0.2) is 0 Å². The Bertz CT molecular complexity index is 843. The van der Waals surface area contributed by atoms with Crippen molar-refractivity contribution in [1.82, 2.24) is 0 Å². The van der Waals surface area contributed by atoms with Crippen molar-refractivity contribution in [2.24, 2.45) is 5.92 Å². The van der Waals surface area contributed by atoms with Crippen molar-refractivity contribution in [1.29, 1.82) is 0 Å². The molecule has 0 saturated carbocycles. The van der Waals surface area contributed by atoms with E-state index in [0.29, 0.717) is 34.6 Å². The van der Waals surface area contributed by atoms with Crippen LogP contribution >= 0.6 is 11.6 Å². The molecule has 1 N–H and O–H groups in total. The number of carbonyl (C=O) groups excluding carboxylic acids is 1. The summed E-state index contributed by atoms with van der Waals surface area (Å²) < 4.78 is 11.2. The van der Waals surface area contributed by atoms with Crippen LogP contribution in [0.5, 0.6) is 11.5 Å². The molecule has 5 heteroatoms. The number of hydrogen-bond acceptors (Lipinski definition) is 3. The Morgan fingerprint density at radius 2 is 1.96 bits per heavy atom. The molecule has 1 amide bonds. The van der Waals surface area contributed by atoms with Gasteiger partial charge >= 0.3 is 0 Å². The smallest absolute Gasteiger partial charge is 0.256 e. The van der Waals surface area contributed by atoms with E-state index in [1.54, 1.807) is 19.2 Å². The topological polar surface area (TPSA) is 47.6 Å². The SMILES string of the molecule is COc1cc(/C=C2/C(=O)Nc3cc(Cl)ccc32)ccc1OCC(C)C. The molecular weight excluding hydrogens is 338 g/mol. The zero-order chi connectivity index (χ0) is 18.0. The summed E-state index contributed by atoms with van der Waals surface area (Å²) in [4.78, 5) is 12.3. The predicted molar refractivity (Wildman–Crippen MR) is 101 cm³/mol. The minimum Gasteiger partial charge on any atom is -0.493 e. The highest BCUT2D eigenvalue weighted by Gasteiger charge is 2.24. The van der Waals surface area contributed by atoms with Crippen molar-refractivity contribution in [3.63, 3.8) is 0 Å². The van der Waals surface area contributed by atoms with Crippen molar-refractivity contribution >= 4 is 34.8 Å². The fourth-order valence-corrected chi connectivity index (χ4v) is 2.80.